The number of nitrogens with one attached hydrogen (secondary N) is 1. The van der Waals surface area contributed by atoms with Crippen LogP contribution in [0.1, 0.15) is 64.5 Å². The molecule has 0 atom stereocenters. The Labute approximate surface area is 162 Å². The molecule has 1 N–H and O–H groups in total. The van der Waals surface area contributed by atoms with E-state index in [2.05, 4.69) is 31.3 Å². The third kappa shape index (κ3) is 7.08. The Morgan fingerprint density at radius 1 is 1.15 bits per heavy atom. The zero-order chi connectivity index (χ0) is 20.0. The number of hydrogen-bond donors (Lipinski definition) is 1. The van der Waals surface area contributed by atoms with Crippen molar-refractivity contribution in [1.82, 2.24) is 10.2 Å². The average Bonchev–Trinajstić information content (AvgIpc) is 2.59. The van der Waals surface area contributed by atoms with Crippen LogP contribution >= 0.6 is 0 Å². The second-order valence-electron chi connectivity index (χ2n) is 8.40. The van der Waals surface area contributed by atoms with Gasteiger partial charge in [-0.25, -0.2) is 4.79 Å². The zero-order valence-corrected chi connectivity index (χ0v) is 17.1. The molecule has 5 nitrogen and oxygen atoms in total. The molecule has 2 amide bonds. The molecule has 0 spiro atoms. The van der Waals surface area contributed by atoms with Gasteiger partial charge in [0.15, 0.2) is 0 Å². The van der Waals surface area contributed by atoms with Gasteiger partial charge in [-0.1, -0.05) is 38.1 Å². The lowest BCUT2D eigenvalue weighted by Crippen LogP contribution is -2.47. The first-order valence-corrected chi connectivity index (χ1v) is 9.70. The SMILES string of the molecule is CC(C)c1ccc(/C=C/C(=O)N2CCC(NC(=O)OC(C)(C)C)CC2)cc1. The van der Waals surface area contributed by atoms with Crippen LogP contribution in [0.5, 0.6) is 0 Å². The van der Waals surface area contributed by atoms with E-state index in [0.29, 0.717) is 19.0 Å². The van der Waals surface area contributed by atoms with Gasteiger partial charge in [0.1, 0.15) is 5.60 Å². The molecule has 27 heavy (non-hydrogen) atoms. The van der Waals surface area contributed by atoms with Crippen molar-refractivity contribution in [3.05, 3.63) is 41.5 Å². The molecule has 1 fully saturated rings. The van der Waals surface area contributed by atoms with Crippen LogP contribution in [0.3, 0.4) is 0 Å². The number of piperidine rings is 1. The number of alkyl carbamates (subject to hydrolysis) is 1. The molecule has 0 unspecified atom stereocenters. The summed E-state index contributed by atoms with van der Waals surface area (Å²) in [5, 5.41) is 2.89. The first-order chi connectivity index (χ1) is 12.6. The molecule has 0 bridgehead atoms. The molecule has 1 heterocycles. The number of amides is 2. The minimum atomic E-state index is -0.501. The lowest BCUT2D eigenvalue weighted by molar-refractivity contribution is -0.127. The first kappa shape index (κ1) is 21.0. The molecule has 2 rings (SSSR count). The molecule has 0 aliphatic carbocycles. The molecular weight excluding hydrogens is 340 g/mol. The Morgan fingerprint density at radius 3 is 2.26 bits per heavy atom. The summed E-state index contributed by atoms with van der Waals surface area (Å²) in [5.74, 6) is 0.513. The summed E-state index contributed by atoms with van der Waals surface area (Å²) in [5.41, 5.74) is 1.81. The molecule has 0 aromatic heterocycles. The maximum Gasteiger partial charge on any atom is 0.407 e. The standard InChI is InChI=1S/C22H32N2O3/c1-16(2)18-9-6-17(7-10-18)8-11-20(25)24-14-12-19(13-15-24)23-21(26)27-22(3,4)5/h6-11,16,19H,12-15H2,1-5H3,(H,23,26)/b11-8+. The fraction of sp³-hybridized carbons (Fsp3) is 0.545. The van der Waals surface area contributed by atoms with Crippen LogP contribution in [-0.4, -0.2) is 41.6 Å². The summed E-state index contributed by atoms with van der Waals surface area (Å²) in [4.78, 5) is 26.1. The van der Waals surface area contributed by atoms with Crippen LogP contribution in [0.25, 0.3) is 6.08 Å². The van der Waals surface area contributed by atoms with Gasteiger partial charge >= 0.3 is 6.09 Å². The highest BCUT2D eigenvalue weighted by Crippen LogP contribution is 2.16. The topological polar surface area (TPSA) is 58.6 Å². The Morgan fingerprint density at radius 2 is 1.74 bits per heavy atom. The smallest absolute Gasteiger partial charge is 0.407 e. The van der Waals surface area contributed by atoms with Crippen LogP contribution in [-0.2, 0) is 9.53 Å². The van der Waals surface area contributed by atoms with Gasteiger partial charge < -0.3 is 15.0 Å². The Hall–Kier alpha value is -2.30. The molecule has 5 heteroatoms. The van der Waals surface area contributed by atoms with Gasteiger partial charge in [-0.3, -0.25) is 4.79 Å². The monoisotopic (exact) mass is 372 g/mol. The third-order valence-electron chi connectivity index (χ3n) is 4.55. The number of benzene rings is 1. The van der Waals surface area contributed by atoms with Gasteiger partial charge in [0.25, 0.3) is 0 Å². The second kappa shape index (κ2) is 9.07. The molecule has 1 saturated heterocycles. The van der Waals surface area contributed by atoms with E-state index in [1.807, 2.05) is 43.9 Å². The van der Waals surface area contributed by atoms with E-state index in [0.717, 1.165) is 18.4 Å². The van der Waals surface area contributed by atoms with Crippen molar-refractivity contribution in [3.8, 4) is 0 Å². The lowest BCUT2D eigenvalue weighted by atomic mass is 10.0. The predicted molar refractivity (Wildman–Crippen MR) is 109 cm³/mol. The van der Waals surface area contributed by atoms with Crippen LogP contribution in [0.4, 0.5) is 4.79 Å². The van der Waals surface area contributed by atoms with Crippen molar-refractivity contribution in [2.24, 2.45) is 0 Å². The van der Waals surface area contributed by atoms with Gasteiger partial charge in [0.05, 0.1) is 0 Å². The first-order valence-electron chi connectivity index (χ1n) is 9.70. The van der Waals surface area contributed by atoms with Crippen LogP contribution < -0.4 is 5.32 Å². The predicted octanol–water partition coefficient (Wildman–Crippen LogP) is 4.34. The molecular formula is C22H32N2O3. The summed E-state index contributed by atoms with van der Waals surface area (Å²) in [7, 11) is 0. The number of nitrogens with zero attached hydrogens (tertiary/aromatic N) is 1. The normalized spacial score (nSPS) is 16.0. The highest BCUT2D eigenvalue weighted by Gasteiger charge is 2.24. The Bertz CT molecular complexity index is 664. The average molecular weight is 373 g/mol. The molecule has 0 radical (unpaired) electrons. The molecule has 148 valence electrons. The van der Waals surface area contributed by atoms with E-state index in [4.69, 9.17) is 4.74 Å². The number of carbonyl (C=O) groups is 2. The largest absolute Gasteiger partial charge is 0.444 e. The number of rotatable bonds is 4. The summed E-state index contributed by atoms with van der Waals surface area (Å²) >= 11 is 0. The number of carbonyl (C=O) groups excluding carboxylic acids is 2. The summed E-state index contributed by atoms with van der Waals surface area (Å²) < 4.78 is 5.28. The second-order valence-corrected chi connectivity index (χ2v) is 8.40. The van der Waals surface area contributed by atoms with Crippen LogP contribution in [0.15, 0.2) is 30.3 Å². The Balaban J connectivity index is 1.79. The minimum absolute atomic E-state index is 0.0126. The number of ether oxygens (including phenoxy) is 1. The van der Waals surface area contributed by atoms with Crippen molar-refractivity contribution < 1.29 is 14.3 Å². The molecule has 1 aliphatic heterocycles. The van der Waals surface area contributed by atoms with E-state index in [1.165, 1.54) is 5.56 Å². The highest BCUT2D eigenvalue weighted by atomic mass is 16.6. The van der Waals surface area contributed by atoms with Crippen molar-refractivity contribution >= 4 is 18.1 Å². The summed E-state index contributed by atoms with van der Waals surface area (Å²) in [6.45, 7) is 11.1. The highest BCUT2D eigenvalue weighted by molar-refractivity contribution is 5.91. The van der Waals surface area contributed by atoms with Crippen LogP contribution in [0, 0.1) is 0 Å². The van der Waals surface area contributed by atoms with E-state index in [9.17, 15) is 9.59 Å². The fourth-order valence-corrected chi connectivity index (χ4v) is 2.98. The van der Waals surface area contributed by atoms with Gasteiger partial charge in [-0.2, -0.15) is 0 Å². The van der Waals surface area contributed by atoms with Gasteiger partial charge in [0, 0.05) is 25.2 Å². The number of likely N-dealkylation sites (tertiary alicyclic amines) is 1. The van der Waals surface area contributed by atoms with E-state index in [1.54, 1.807) is 6.08 Å². The van der Waals surface area contributed by atoms with E-state index >= 15 is 0 Å². The summed E-state index contributed by atoms with van der Waals surface area (Å²) in [6.07, 6.45) is 4.57. The third-order valence-corrected chi connectivity index (χ3v) is 4.55. The number of hydrogen-bond acceptors (Lipinski definition) is 3. The van der Waals surface area contributed by atoms with Crippen molar-refractivity contribution in [3.63, 3.8) is 0 Å². The van der Waals surface area contributed by atoms with Crippen molar-refractivity contribution in [2.45, 2.75) is 65.0 Å². The molecule has 1 aromatic carbocycles. The summed E-state index contributed by atoms with van der Waals surface area (Å²) in [6, 6.07) is 8.33. The van der Waals surface area contributed by atoms with Gasteiger partial charge in [-0.15, -0.1) is 0 Å². The van der Waals surface area contributed by atoms with E-state index < -0.39 is 11.7 Å². The Kier molecular flexibility index (Phi) is 7.05. The van der Waals surface area contributed by atoms with E-state index in [-0.39, 0.29) is 11.9 Å². The van der Waals surface area contributed by atoms with Crippen LogP contribution in [0.2, 0.25) is 0 Å². The molecule has 1 aliphatic rings. The maximum absolute atomic E-state index is 12.4. The van der Waals surface area contributed by atoms with Crippen molar-refractivity contribution in [2.75, 3.05) is 13.1 Å². The quantitative estimate of drug-likeness (QED) is 0.800. The minimum Gasteiger partial charge on any atom is -0.444 e. The zero-order valence-electron chi connectivity index (χ0n) is 17.1. The van der Waals surface area contributed by atoms with Crippen molar-refractivity contribution in [1.29, 1.82) is 0 Å². The van der Waals surface area contributed by atoms with Gasteiger partial charge in [-0.05, 0) is 56.7 Å². The lowest BCUT2D eigenvalue weighted by Gasteiger charge is -2.32. The molecule has 0 saturated carbocycles. The fourth-order valence-electron chi connectivity index (χ4n) is 2.98. The van der Waals surface area contributed by atoms with Gasteiger partial charge in [0.2, 0.25) is 5.91 Å². The molecule has 1 aromatic rings. The maximum atomic E-state index is 12.4.